The average Bonchev–Trinajstić information content (AvgIpc) is 3.21. The molecule has 6 heteroatoms. The van der Waals surface area contributed by atoms with Gasteiger partial charge in [-0.1, -0.05) is 36.4 Å². The molecule has 3 aromatic rings. The Bertz CT molecular complexity index is 969. The van der Waals surface area contributed by atoms with Crippen LogP contribution < -0.4 is 5.32 Å². The van der Waals surface area contributed by atoms with E-state index in [1.54, 1.807) is 18.3 Å². The molecule has 1 atom stereocenters. The molecule has 1 N–H and O–H groups in total. The van der Waals surface area contributed by atoms with Crippen molar-refractivity contribution in [3.63, 3.8) is 0 Å². The lowest BCUT2D eigenvalue weighted by Gasteiger charge is -2.35. The number of hydrogen-bond donors (Lipinski definition) is 1. The number of amides is 2. The molecular formula is C23H24N4O2. The van der Waals surface area contributed by atoms with Crippen LogP contribution in [0, 0.1) is 0 Å². The molecule has 0 bridgehead atoms. The predicted octanol–water partition coefficient (Wildman–Crippen LogP) is 3.83. The second-order valence-electron chi connectivity index (χ2n) is 7.29. The fraction of sp³-hybridized carbons (Fsp3) is 0.261. The Labute approximate surface area is 170 Å². The molecule has 1 saturated heterocycles. The second kappa shape index (κ2) is 8.73. The first-order chi connectivity index (χ1) is 14.2. The largest absolute Gasteiger partial charge is 0.334 e. The van der Waals surface area contributed by atoms with Crippen LogP contribution in [0.25, 0.3) is 0 Å². The van der Waals surface area contributed by atoms with E-state index in [4.69, 9.17) is 0 Å². The SMILES string of the molecule is O=C(Nc1cnn(CC2CCCCN2C(=O)c2ccccc2)c1)c1ccccc1. The summed E-state index contributed by atoms with van der Waals surface area (Å²) in [6.45, 7) is 1.37. The van der Waals surface area contributed by atoms with Gasteiger partial charge in [0.2, 0.25) is 0 Å². The van der Waals surface area contributed by atoms with Gasteiger partial charge >= 0.3 is 0 Å². The van der Waals surface area contributed by atoms with Crippen LogP contribution in [0.5, 0.6) is 0 Å². The molecule has 2 amide bonds. The summed E-state index contributed by atoms with van der Waals surface area (Å²) in [5.41, 5.74) is 1.97. The van der Waals surface area contributed by atoms with E-state index in [1.165, 1.54) is 0 Å². The third-order valence-corrected chi connectivity index (χ3v) is 5.23. The zero-order chi connectivity index (χ0) is 20.1. The Balaban J connectivity index is 1.43. The topological polar surface area (TPSA) is 67.2 Å². The van der Waals surface area contributed by atoms with Gasteiger partial charge < -0.3 is 10.2 Å². The molecule has 4 rings (SSSR count). The lowest BCUT2D eigenvalue weighted by atomic mass is 10.0. The number of nitrogens with zero attached hydrogens (tertiary/aromatic N) is 3. The number of nitrogens with one attached hydrogen (secondary N) is 1. The molecule has 1 unspecified atom stereocenters. The van der Waals surface area contributed by atoms with Crippen LogP contribution in [-0.4, -0.2) is 39.1 Å². The molecule has 2 aromatic carbocycles. The smallest absolute Gasteiger partial charge is 0.255 e. The van der Waals surface area contributed by atoms with Crippen LogP contribution in [0.15, 0.2) is 73.1 Å². The van der Waals surface area contributed by atoms with Crippen molar-refractivity contribution in [2.75, 3.05) is 11.9 Å². The summed E-state index contributed by atoms with van der Waals surface area (Å²) < 4.78 is 1.81. The molecule has 0 saturated carbocycles. The van der Waals surface area contributed by atoms with Crippen molar-refractivity contribution in [2.45, 2.75) is 31.8 Å². The van der Waals surface area contributed by atoms with Crippen molar-refractivity contribution in [1.82, 2.24) is 14.7 Å². The molecule has 1 aromatic heterocycles. The standard InChI is InChI=1S/C23H24N4O2/c28-22(18-9-3-1-4-10-18)25-20-15-24-26(16-20)17-21-13-7-8-14-27(21)23(29)19-11-5-2-6-12-19/h1-6,9-12,15-16,21H,7-8,13-14,17H2,(H,25,28). The molecule has 0 radical (unpaired) electrons. The van der Waals surface area contributed by atoms with Crippen molar-refractivity contribution in [2.24, 2.45) is 0 Å². The zero-order valence-electron chi connectivity index (χ0n) is 16.2. The molecule has 1 aliphatic rings. The quantitative estimate of drug-likeness (QED) is 0.722. The van der Waals surface area contributed by atoms with Crippen LogP contribution >= 0.6 is 0 Å². The Hall–Kier alpha value is -3.41. The zero-order valence-corrected chi connectivity index (χ0v) is 16.2. The molecule has 148 valence electrons. The average molecular weight is 388 g/mol. The van der Waals surface area contributed by atoms with Gasteiger partial charge in [0.25, 0.3) is 11.8 Å². The van der Waals surface area contributed by atoms with E-state index in [1.807, 2.05) is 64.3 Å². The first-order valence-electron chi connectivity index (χ1n) is 9.95. The van der Waals surface area contributed by atoms with Crippen molar-refractivity contribution >= 4 is 17.5 Å². The molecule has 0 spiro atoms. The maximum absolute atomic E-state index is 12.9. The van der Waals surface area contributed by atoms with Crippen molar-refractivity contribution in [3.8, 4) is 0 Å². The minimum Gasteiger partial charge on any atom is -0.334 e. The second-order valence-corrected chi connectivity index (χ2v) is 7.29. The Kier molecular flexibility index (Phi) is 5.70. The molecule has 6 nitrogen and oxygen atoms in total. The van der Waals surface area contributed by atoms with Gasteiger partial charge in [0, 0.05) is 23.9 Å². The normalized spacial score (nSPS) is 16.4. The number of benzene rings is 2. The molecule has 2 heterocycles. The Morgan fingerprint density at radius 2 is 1.66 bits per heavy atom. The molecule has 1 aliphatic heterocycles. The Morgan fingerprint density at radius 3 is 2.38 bits per heavy atom. The maximum Gasteiger partial charge on any atom is 0.255 e. The van der Waals surface area contributed by atoms with Crippen LogP contribution in [0.2, 0.25) is 0 Å². The van der Waals surface area contributed by atoms with E-state index in [2.05, 4.69) is 10.4 Å². The third-order valence-electron chi connectivity index (χ3n) is 5.23. The van der Waals surface area contributed by atoms with Gasteiger partial charge in [0.1, 0.15) is 0 Å². The Morgan fingerprint density at radius 1 is 0.966 bits per heavy atom. The van der Waals surface area contributed by atoms with Gasteiger partial charge in [-0.15, -0.1) is 0 Å². The lowest BCUT2D eigenvalue weighted by Crippen LogP contribution is -2.45. The first-order valence-corrected chi connectivity index (χ1v) is 9.95. The number of carbonyl (C=O) groups is 2. The monoisotopic (exact) mass is 388 g/mol. The fourth-order valence-electron chi connectivity index (χ4n) is 3.74. The number of rotatable bonds is 5. The van der Waals surface area contributed by atoms with E-state index >= 15 is 0 Å². The number of aromatic nitrogens is 2. The summed E-state index contributed by atoms with van der Waals surface area (Å²) in [6.07, 6.45) is 6.53. The minimum absolute atomic E-state index is 0.0695. The summed E-state index contributed by atoms with van der Waals surface area (Å²) in [5.74, 6) is -0.0937. The number of anilines is 1. The highest BCUT2D eigenvalue weighted by Crippen LogP contribution is 2.21. The van der Waals surface area contributed by atoms with E-state index in [9.17, 15) is 9.59 Å². The van der Waals surface area contributed by atoms with Crippen LogP contribution in [0.1, 0.15) is 40.0 Å². The highest BCUT2D eigenvalue weighted by molar-refractivity contribution is 6.04. The van der Waals surface area contributed by atoms with Crippen LogP contribution in [0.3, 0.4) is 0 Å². The van der Waals surface area contributed by atoms with E-state index < -0.39 is 0 Å². The van der Waals surface area contributed by atoms with E-state index in [-0.39, 0.29) is 17.9 Å². The van der Waals surface area contributed by atoms with Gasteiger partial charge in [0.15, 0.2) is 0 Å². The summed E-state index contributed by atoms with van der Waals surface area (Å²) in [5, 5.41) is 7.26. The summed E-state index contributed by atoms with van der Waals surface area (Å²) in [7, 11) is 0. The van der Waals surface area contributed by atoms with Crippen molar-refractivity contribution in [1.29, 1.82) is 0 Å². The molecule has 29 heavy (non-hydrogen) atoms. The van der Waals surface area contributed by atoms with E-state index in [0.717, 1.165) is 31.4 Å². The number of piperidine rings is 1. The van der Waals surface area contributed by atoms with Crippen LogP contribution in [-0.2, 0) is 6.54 Å². The van der Waals surface area contributed by atoms with E-state index in [0.29, 0.717) is 17.8 Å². The lowest BCUT2D eigenvalue weighted by molar-refractivity contribution is 0.0584. The molecular weight excluding hydrogens is 364 g/mol. The number of likely N-dealkylation sites (tertiary alicyclic amines) is 1. The number of carbonyl (C=O) groups excluding carboxylic acids is 2. The first kappa shape index (κ1) is 18.9. The highest BCUT2D eigenvalue weighted by Gasteiger charge is 2.28. The van der Waals surface area contributed by atoms with Gasteiger partial charge in [-0.2, -0.15) is 5.10 Å². The van der Waals surface area contributed by atoms with Gasteiger partial charge in [-0.25, -0.2) is 0 Å². The molecule has 1 fully saturated rings. The summed E-state index contributed by atoms with van der Waals surface area (Å²) in [4.78, 5) is 27.2. The van der Waals surface area contributed by atoms with Gasteiger partial charge in [-0.3, -0.25) is 14.3 Å². The fourth-order valence-corrected chi connectivity index (χ4v) is 3.74. The highest BCUT2D eigenvalue weighted by atomic mass is 16.2. The minimum atomic E-state index is -0.163. The maximum atomic E-state index is 12.9. The van der Waals surface area contributed by atoms with Crippen molar-refractivity contribution < 1.29 is 9.59 Å². The predicted molar refractivity (Wildman–Crippen MR) is 112 cm³/mol. The molecule has 0 aliphatic carbocycles. The number of hydrogen-bond acceptors (Lipinski definition) is 3. The third kappa shape index (κ3) is 4.54. The van der Waals surface area contributed by atoms with Crippen molar-refractivity contribution in [3.05, 3.63) is 84.2 Å². The van der Waals surface area contributed by atoms with Gasteiger partial charge in [0.05, 0.1) is 24.5 Å². The summed E-state index contributed by atoms with van der Waals surface area (Å²) in [6, 6.07) is 18.6. The van der Waals surface area contributed by atoms with Crippen LogP contribution in [0.4, 0.5) is 5.69 Å². The van der Waals surface area contributed by atoms with Gasteiger partial charge in [-0.05, 0) is 43.5 Å². The summed E-state index contributed by atoms with van der Waals surface area (Å²) >= 11 is 0.